The van der Waals surface area contributed by atoms with Crippen molar-refractivity contribution in [1.29, 1.82) is 0 Å². The molecule has 2 unspecified atom stereocenters. The maximum atomic E-state index is 13.0. The van der Waals surface area contributed by atoms with Crippen LogP contribution in [-0.4, -0.2) is 82.3 Å². The fourth-order valence-electron chi connectivity index (χ4n) is 9.33. The fourth-order valence-corrected chi connectivity index (χ4v) is 9.33. The number of nitrogens with zero attached hydrogens (tertiary/aromatic N) is 1. The van der Waals surface area contributed by atoms with E-state index in [9.17, 15) is 19.5 Å². The lowest BCUT2D eigenvalue weighted by Crippen LogP contribution is -2.44. The highest BCUT2D eigenvalue weighted by Crippen LogP contribution is 2.15. The van der Waals surface area contributed by atoms with Crippen LogP contribution in [0.25, 0.3) is 0 Å². The average molecular weight is 1280 g/mol. The van der Waals surface area contributed by atoms with Crippen molar-refractivity contribution in [2.24, 2.45) is 0 Å². The summed E-state index contributed by atoms with van der Waals surface area (Å²) in [5.41, 5.74) is 0. The summed E-state index contributed by atoms with van der Waals surface area (Å²) in [6.45, 7) is 4.49. The second kappa shape index (κ2) is 72.0. The van der Waals surface area contributed by atoms with Gasteiger partial charge in [0.05, 0.1) is 40.3 Å². The summed E-state index contributed by atoms with van der Waals surface area (Å²) in [7, 11) is 5.91. The molecule has 522 valence electrons. The molecule has 0 amide bonds. The van der Waals surface area contributed by atoms with Crippen LogP contribution in [0.1, 0.15) is 258 Å². The number of likely N-dealkylation sites (N-methyl/N-ethyl adjacent to an activating group) is 1. The molecule has 93 heavy (non-hydrogen) atoms. The number of carbonyl (C=O) groups is 3. The molecule has 0 saturated heterocycles. The summed E-state index contributed by atoms with van der Waals surface area (Å²) < 4.78 is 22.8. The SMILES string of the molecule is CC/C=C\C/C=C\C/C=C\C/C=C\C/C=C\C/C=C\C/C=C\C/C=C\C/C=C\C/C=C\CCCCCCCCCCCCC(=O)OC(COC(=O)CCCCCCCCCC/C=C\C/C=C\C/C=C\C/C=C\C/C=C\C/C=C\CC)COC(OCC[N+](C)(C)C)C(=O)[O-]. The number of allylic oxidation sites excluding steroid dienone is 32. The summed E-state index contributed by atoms with van der Waals surface area (Å²) >= 11 is 0. The Morgan fingerprint density at radius 3 is 0.860 bits per heavy atom. The lowest BCUT2D eigenvalue weighted by molar-refractivity contribution is -0.870. The number of ether oxygens (including phenoxy) is 4. The van der Waals surface area contributed by atoms with Gasteiger partial charge in [-0.1, -0.05) is 298 Å². The molecular weight excluding hydrogens is 1150 g/mol. The first-order chi connectivity index (χ1) is 45.6. The molecule has 0 rings (SSSR count). The molecule has 0 aliphatic rings. The van der Waals surface area contributed by atoms with Crippen LogP contribution >= 0.6 is 0 Å². The number of unbranched alkanes of at least 4 members (excludes halogenated alkanes) is 18. The number of hydrogen-bond donors (Lipinski definition) is 0. The molecule has 0 bridgehead atoms. The third-order valence-electron chi connectivity index (χ3n) is 14.8. The maximum Gasteiger partial charge on any atom is 0.306 e. The molecule has 9 nitrogen and oxygen atoms in total. The van der Waals surface area contributed by atoms with Gasteiger partial charge in [0.25, 0.3) is 0 Å². The van der Waals surface area contributed by atoms with E-state index in [4.69, 9.17) is 18.9 Å². The number of aliphatic carboxylic acids is 1. The van der Waals surface area contributed by atoms with Crippen LogP contribution in [0.3, 0.4) is 0 Å². The first-order valence-corrected chi connectivity index (χ1v) is 36.6. The molecule has 0 saturated carbocycles. The van der Waals surface area contributed by atoms with Crippen LogP contribution in [0, 0.1) is 0 Å². The van der Waals surface area contributed by atoms with Crippen molar-refractivity contribution in [2.45, 2.75) is 270 Å². The number of carbonyl (C=O) groups excluding carboxylic acids is 3. The topological polar surface area (TPSA) is 111 Å². The molecule has 0 aromatic carbocycles. The molecule has 9 heteroatoms. The van der Waals surface area contributed by atoms with Gasteiger partial charge < -0.3 is 33.3 Å². The number of quaternary nitrogens is 1. The van der Waals surface area contributed by atoms with E-state index < -0.39 is 24.3 Å². The first kappa shape index (κ1) is 87.1. The molecule has 0 aromatic rings. The van der Waals surface area contributed by atoms with Crippen molar-refractivity contribution < 1.29 is 42.9 Å². The Labute approximate surface area is 570 Å². The van der Waals surface area contributed by atoms with E-state index in [0.29, 0.717) is 17.4 Å². The summed E-state index contributed by atoms with van der Waals surface area (Å²) in [4.78, 5) is 37.5. The molecule has 0 aromatic heterocycles. The van der Waals surface area contributed by atoms with Gasteiger partial charge in [0, 0.05) is 12.8 Å². The predicted octanol–water partition coefficient (Wildman–Crippen LogP) is 22.0. The summed E-state index contributed by atoms with van der Waals surface area (Å²) in [5, 5.41) is 11.8. The monoisotopic (exact) mass is 1280 g/mol. The molecule has 0 radical (unpaired) electrons. The van der Waals surface area contributed by atoms with E-state index in [1.165, 1.54) is 64.2 Å². The van der Waals surface area contributed by atoms with E-state index in [2.05, 4.69) is 208 Å². The van der Waals surface area contributed by atoms with Crippen molar-refractivity contribution in [3.05, 3.63) is 194 Å². The lowest BCUT2D eigenvalue weighted by atomic mass is 10.0. The normalized spacial score (nSPS) is 13.9. The van der Waals surface area contributed by atoms with Gasteiger partial charge in [0.1, 0.15) is 13.2 Å². The number of carboxylic acid groups (broad SMARTS) is 1. The smallest absolute Gasteiger partial charge is 0.306 e. The van der Waals surface area contributed by atoms with Crippen molar-refractivity contribution in [2.75, 3.05) is 47.5 Å². The van der Waals surface area contributed by atoms with Gasteiger partial charge in [-0.15, -0.1) is 0 Å². The van der Waals surface area contributed by atoms with Crippen LogP contribution in [0.15, 0.2) is 194 Å². The zero-order valence-electron chi connectivity index (χ0n) is 59.5. The fraction of sp³-hybridized carbons (Fsp3) is 0.583. The first-order valence-electron chi connectivity index (χ1n) is 36.6. The van der Waals surface area contributed by atoms with Gasteiger partial charge >= 0.3 is 11.9 Å². The Bertz CT molecular complexity index is 2230. The van der Waals surface area contributed by atoms with E-state index in [1.54, 1.807) is 0 Å². The Balaban J connectivity index is 4.18. The minimum Gasteiger partial charge on any atom is -0.545 e. The Kier molecular flexibility index (Phi) is 67.4. The van der Waals surface area contributed by atoms with Gasteiger partial charge in [-0.3, -0.25) is 9.59 Å². The van der Waals surface area contributed by atoms with Crippen molar-refractivity contribution in [3.8, 4) is 0 Å². The van der Waals surface area contributed by atoms with Gasteiger partial charge in [-0.25, -0.2) is 0 Å². The molecular formula is C84H133NO8. The number of esters is 2. The molecule has 0 spiro atoms. The second-order valence-electron chi connectivity index (χ2n) is 24.8. The van der Waals surface area contributed by atoms with Crippen molar-refractivity contribution in [1.82, 2.24) is 0 Å². The summed E-state index contributed by atoms with van der Waals surface area (Å²) in [5.74, 6) is -2.32. The molecule has 0 heterocycles. The average Bonchev–Trinajstić information content (AvgIpc) is 3.38. The lowest BCUT2D eigenvalue weighted by Gasteiger charge is -2.26. The molecule has 0 N–H and O–H groups in total. The molecule has 0 fully saturated rings. The summed E-state index contributed by atoms with van der Waals surface area (Å²) in [6.07, 6.45) is 108. The summed E-state index contributed by atoms with van der Waals surface area (Å²) in [6, 6.07) is 0. The zero-order valence-corrected chi connectivity index (χ0v) is 59.5. The van der Waals surface area contributed by atoms with Crippen molar-refractivity contribution in [3.63, 3.8) is 0 Å². The van der Waals surface area contributed by atoms with Crippen LogP contribution in [0.4, 0.5) is 0 Å². The number of carboxylic acids is 1. The quantitative estimate of drug-likeness (QED) is 0.0195. The van der Waals surface area contributed by atoms with Gasteiger partial charge in [0.15, 0.2) is 12.4 Å². The highest BCUT2D eigenvalue weighted by atomic mass is 16.7. The maximum absolute atomic E-state index is 13.0. The minimum absolute atomic E-state index is 0.135. The largest absolute Gasteiger partial charge is 0.545 e. The van der Waals surface area contributed by atoms with Gasteiger partial charge in [0.2, 0.25) is 0 Å². The van der Waals surface area contributed by atoms with Crippen LogP contribution in [0.5, 0.6) is 0 Å². The Morgan fingerprint density at radius 2 is 0.581 bits per heavy atom. The van der Waals surface area contributed by atoms with E-state index >= 15 is 0 Å². The third-order valence-corrected chi connectivity index (χ3v) is 14.8. The van der Waals surface area contributed by atoms with Gasteiger partial charge in [-0.2, -0.15) is 0 Å². The van der Waals surface area contributed by atoms with E-state index in [-0.39, 0.29) is 38.6 Å². The Morgan fingerprint density at radius 1 is 0.323 bits per heavy atom. The molecule has 0 aliphatic carbocycles. The highest BCUT2D eigenvalue weighted by molar-refractivity contribution is 5.70. The highest BCUT2D eigenvalue weighted by Gasteiger charge is 2.22. The molecule has 0 aliphatic heterocycles. The van der Waals surface area contributed by atoms with Gasteiger partial charge in [-0.05, 0) is 141 Å². The standard InChI is InChI=1S/C84H133NO8/c1-6-8-10-12-14-16-18-20-22-24-26-28-30-32-34-35-36-37-38-39-40-41-42-43-44-45-46-47-49-51-53-55-57-59-61-63-65-67-69-71-73-75-82(87)93-80(79-92-84(83(88)89)90-77-76-85(3,4)5)78-91-81(86)74-72-70-68-66-64-62-60-58-56-54-52-50-48-33-31-29-27-25-23-21-19-17-15-13-11-9-7-2/h8-11,14-17,20-23,26-29,32-34,36-37,39-40,42-43,45-46,48-49,51-52,54,80,84H,6-7,12-13,18-19,24-25,30-31,35,38,41,44,47,50,53,55-79H2,1-5H3/b10-8-,11-9-,16-14-,17-15-,22-20-,23-21-,28-26-,29-27-,34-32-,37-36-,40-39-,43-42-,46-45-,48-33-,51-49-,54-52-. The second-order valence-corrected chi connectivity index (χ2v) is 24.8. The van der Waals surface area contributed by atoms with Crippen LogP contribution < -0.4 is 5.11 Å². The zero-order chi connectivity index (χ0) is 67.5. The van der Waals surface area contributed by atoms with E-state index in [0.717, 1.165) is 161 Å². The van der Waals surface area contributed by atoms with E-state index in [1.807, 2.05) is 21.1 Å². The number of rotatable bonds is 65. The Hall–Kier alpha value is -5.87. The van der Waals surface area contributed by atoms with Crippen LogP contribution in [0.2, 0.25) is 0 Å². The minimum atomic E-state index is -1.64. The number of hydrogen-bond acceptors (Lipinski definition) is 8. The predicted molar refractivity (Wildman–Crippen MR) is 397 cm³/mol. The molecule has 2 atom stereocenters. The third kappa shape index (κ3) is 73.4. The van der Waals surface area contributed by atoms with Crippen LogP contribution in [-0.2, 0) is 33.3 Å². The van der Waals surface area contributed by atoms with Crippen molar-refractivity contribution >= 4 is 17.9 Å².